The van der Waals surface area contributed by atoms with Gasteiger partial charge in [0.05, 0.1) is 22.4 Å². The van der Waals surface area contributed by atoms with Crippen LogP contribution in [0.4, 0.5) is 22.7 Å². The molecule has 0 amide bonds. The first-order valence-corrected chi connectivity index (χ1v) is 28.9. The van der Waals surface area contributed by atoms with Gasteiger partial charge >= 0.3 is 0 Å². The zero-order chi connectivity index (χ0) is 46.7. The Morgan fingerprint density at radius 3 is 1.55 bits per heavy atom. The van der Waals surface area contributed by atoms with E-state index in [-0.39, 0.29) is 20.1 Å². The summed E-state index contributed by atoms with van der Waals surface area (Å²) in [6, 6.07) is 55.4. The van der Waals surface area contributed by atoms with E-state index in [2.05, 4.69) is 189 Å². The van der Waals surface area contributed by atoms with E-state index >= 15 is 0 Å². The van der Waals surface area contributed by atoms with Crippen molar-refractivity contribution in [1.82, 2.24) is 9.13 Å². The summed E-state index contributed by atoms with van der Waals surface area (Å²) in [5, 5.41) is 9.16. The number of hydrogen-bond donors (Lipinski definition) is 1. The highest BCUT2D eigenvalue weighted by Crippen LogP contribution is 2.46. The third-order valence-corrected chi connectivity index (χ3v) is 19.2. The second kappa shape index (κ2) is 14.1. The third kappa shape index (κ3) is 4.96. The Labute approximate surface area is 427 Å². The molecule has 0 atom stereocenters. The molecule has 0 radical (unpaired) electrons. The molecule has 1 N–H and O–H groups in total. The molecule has 6 nitrogen and oxygen atoms in total. The minimum absolute atomic E-state index is 0.00229. The maximum Gasteiger partial charge on any atom is 0.260 e. The van der Waals surface area contributed by atoms with Crippen LogP contribution in [0.3, 0.4) is 0 Å². The maximum atomic E-state index is 7.23. The van der Waals surface area contributed by atoms with Gasteiger partial charge in [0.1, 0.15) is 23.0 Å². The Balaban J connectivity index is 0.932. The molecular weight excluding hydrogens is 945 g/mol. The quantitative estimate of drug-likeness (QED) is 0.107. The fourth-order valence-corrected chi connectivity index (χ4v) is 15.7. The number of ether oxygens (including phenoxy) is 2. The molecule has 0 saturated carbocycles. The van der Waals surface area contributed by atoms with Crippen molar-refractivity contribution in [3.8, 4) is 34.4 Å². The van der Waals surface area contributed by atoms with Crippen LogP contribution in [0, 0.1) is 0 Å². The van der Waals surface area contributed by atoms with Gasteiger partial charge in [-0.25, -0.2) is 0 Å². The van der Waals surface area contributed by atoms with Crippen molar-refractivity contribution in [2.24, 2.45) is 0 Å². The lowest BCUT2D eigenvalue weighted by Gasteiger charge is -2.41. The molecule has 8 heterocycles. The summed E-state index contributed by atoms with van der Waals surface area (Å²) in [4.78, 5) is 3.59. The number of aromatic nitrogens is 2. The molecule has 13 heteroatoms. The average Bonchev–Trinajstić information content (AvgIpc) is 3.94. The molecule has 0 saturated heterocycles. The summed E-state index contributed by atoms with van der Waals surface area (Å²) in [6.45, 7) is -0.133. The Kier molecular flexibility index (Phi) is 7.93. The Bertz CT molecular complexity index is 4340. The summed E-state index contributed by atoms with van der Waals surface area (Å²) in [6.07, 6.45) is 8.70. The smallest absolute Gasteiger partial charge is 0.260 e. The van der Waals surface area contributed by atoms with E-state index in [9.17, 15) is 0 Å². The minimum atomic E-state index is -0.141. The summed E-state index contributed by atoms with van der Waals surface area (Å²) in [5.41, 5.74) is 23.6. The van der Waals surface area contributed by atoms with E-state index in [1.165, 1.54) is 120 Å². The van der Waals surface area contributed by atoms with Crippen molar-refractivity contribution in [2.75, 3.05) is 34.6 Å². The Hall–Kier alpha value is -6.63. The van der Waals surface area contributed by atoms with Crippen LogP contribution in [0.25, 0.3) is 55.0 Å². The second-order valence-corrected chi connectivity index (χ2v) is 22.8. The molecule has 334 valence electrons. The SMILES string of the molecule is CSc1cc2c3c(c1)Oc1cc4c(cc1B3c1cc3c(cc1O2)Nc1cc(SC)cc2c1B3c1cccc3c5ccccc5n-2c13)B1c2c(cc(SC)cc2-n2c3ccccc3c3cccc1c32)N4SC. The van der Waals surface area contributed by atoms with Crippen molar-refractivity contribution in [3.63, 3.8) is 0 Å². The van der Waals surface area contributed by atoms with Crippen LogP contribution < -0.4 is 68.3 Å². The van der Waals surface area contributed by atoms with E-state index in [1.807, 2.05) is 11.8 Å². The lowest BCUT2D eigenvalue weighted by atomic mass is 9.30. The number of anilines is 4. The summed E-state index contributed by atoms with van der Waals surface area (Å²) < 4.78 is 21.9. The molecule has 11 aromatic rings. The highest BCUT2D eigenvalue weighted by Gasteiger charge is 2.48. The van der Waals surface area contributed by atoms with Gasteiger partial charge in [-0.1, -0.05) is 84.9 Å². The van der Waals surface area contributed by atoms with Gasteiger partial charge in [0.15, 0.2) is 0 Å². The first kappa shape index (κ1) is 40.0. The van der Waals surface area contributed by atoms with Crippen LogP contribution in [0.1, 0.15) is 0 Å². The Morgan fingerprint density at radius 1 is 0.394 bits per heavy atom. The van der Waals surface area contributed by atoms with E-state index in [4.69, 9.17) is 9.47 Å². The monoisotopic (exact) mass is 982 g/mol. The van der Waals surface area contributed by atoms with Crippen LogP contribution in [0.15, 0.2) is 160 Å². The summed E-state index contributed by atoms with van der Waals surface area (Å²) >= 11 is 7.09. The van der Waals surface area contributed by atoms with Crippen LogP contribution >= 0.6 is 47.2 Å². The molecule has 0 unspecified atom stereocenters. The van der Waals surface area contributed by atoms with Crippen LogP contribution in [-0.4, -0.2) is 54.3 Å². The number of benzene rings is 9. The van der Waals surface area contributed by atoms with Gasteiger partial charge in [-0.2, -0.15) is 0 Å². The van der Waals surface area contributed by atoms with Gasteiger partial charge in [-0.05, 0) is 123 Å². The highest BCUT2D eigenvalue weighted by molar-refractivity contribution is 8.00. The van der Waals surface area contributed by atoms with Crippen LogP contribution in [0.5, 0.6) is 23.0 Å². The fourth-order valence-electron chi connectivity index (χ4n) is 13.6. The zero-order valence-electron chi connectivity index (χ0n) is 38.9. The molecule has 17 rings (SSSR count). The standard InChI is InChI=1S/C58H37B3N4O2S4/c1-68-29-19-43-54-47(20-29)63-44-17-7-5-11-32(44)34-13-9-15-36(57(34)63)59(54)38-25-40-50(27-42(38)62-43)66-52-23-31(70-3)24-53-56(52)61(40)41-26-39-46(28-51(41)67-53)65(71-4)49-22-30(69-2)21-48-55(49)60(39)37-16-10-14-35-33-12-6-8-18-45(33)64(48)58(35)37/h5-28,62H,1-4H3. The minimum Gasteiger partial charge on any atom is -0.458 e. The van der Waals surface area contributed by atoms with Crippen molar-refractivity contribution in [1.29, 1.82) is 0 Å². The number of nitrogens with one attached hydrogen (secondary N) is 1. The lowest BCUT2D eigenvalue weighted by Crippen LogP contribution is -2.64. The number of hydrogen-bond acceptors (Lipinski definition) is 8. The average molecular weight is 983 g/mol. The van der Waals surface area contributed by atoms with Gasteiger partial charge in [-0.3, -0.25) is 4.31 Å². The number of fused-ring (bicyclic) bond motifs is 18. The van der Waals surface area contributed by atoms with Crippen molar-refractivity contribution in [3.05, 3.63) is 146 Å². The number of rotatable bonds is 4. The molecule has 6 aliphatic heterocycles. The van der Waals surface area contributed by atoms with Crippen LogP contribution in [0.2, 0.25) is 0 Å². The first-order chi connectivity index (χ1) is 35.0. The molecule has 2 aromatic heterocycles. The molecule has 71 heavy (non-hydrogen) atoms. The molecular formula is C58H37B3N4O2S4. The van der Waals surface area contributed by atoms with Crippen molar-refractivity contribution < 1.29 is 9.47 Å². The van der Waals surface area contributed by atoms with Gasteiger partial charge in [0, 0.05) is 93.9 Å². The fraction of sp³-hybridized carbons (Fsp3) is 0.0690. The van der Waals surface area contributed by atoms with Gasteiger partial charge in [0.2, 0.25) is 0 Å². The summed E-state index contributed by atoms with van der Waals surface area (Å²) in [7, 11) is 0. The second-order valence-electron chi connectivity index (χ2n) is 19.4. The topological polar surface area (TPSA) is 43.6 Å². The normalized spacial score (nSPS) is 14.4. The highest BCUT2D eigenvalue weighted by atomic mass is 32.2. The molecule has 0 spiro atoms. The molecule has 6 aliphatic rings. The molecule has 0 bridgehead atoms. The number of thioether (sulfide) groups is 3. The van der Waals surface area contributed by atoms with Gasteiger partial charge in [-0.15, -0.1) is 35.3 Å². The van der Waals surface area contributed by atoms with Crippen molar-refractivity contribution >= 4 is 183 Å². The third-order valence-electron chi connectivity index (χ3n) is 16.4. The van der Waals surface area contributed by atoms with Gasteiger partial charge in [0.25, 0.3) is 20.1 Å². The largest absolute Gasteiger partial charge is 0.458 e. The zero-order valence-corrected chi connectivity index (χ0v) is 42.1. The predicted octanol–water partition coefficient (Wildman–Crippen LogP) is 9.22. The van der Waals surface area contributed by atoms with E-state index in [1.54, 1.807) is 35.5 Å². The first-order valence-electron chi connectivity index (χ1n) is 24.0. The van der Waals surface area contributed by atoms with E-state index in [0.29, 0.717) is 0 Å². The van der Waals surface area contributed by atoms with E-state index in [0.717, 1.165) is 44.7 Å². The van der Waals surface area contributed by atoms with Crippen LogP contribution in [-0.2, 0) is 0 Å². The maximum absolute atomic E-state index is 7.23. The predicted molar refractivity (Wildman–Crippen MR) is 309 cm³/mol. The molecule has 9 aromatic carbocycles. The van der Waals surface area contributed by atoms with E-state index < -0.39 is 0 Å². The lowest BCUT2D eigenvalue weighted by molar-refractivity contribution is 0.462. The van der Waals surface area contributed by atoms with Crippen molar-refractivity contribution in [2.45, 2.75) is 14.7 Å². The molecule has 0 fully saturated rings. The number of para-hydroxylation sites is 4. The summed E-state index contributed by atoms with van der Waals surface area (Å²) in [5.74, 6) is 3.50. The van der Waals surface area contributed by atoms with Gasteiger partial charge < -0.3 is 23.9 Å². The molecule has 0 aliphatic carbocycles. The number of nitrogens with zero attached hydrogens (tertiary/aromatic N) is 3. The Morgan fingerprint density at radius 2 is 0.915 bits per heavy atom.